The van der Waals surface area contributed by atoms with Crippen LogP contribution in [-0.2, 0) is 26.5 Å². The van der Waals surface area contributed by atoms with Gasteiger partial charge in [-0.05, 0) is 140 Å². The van der Waals surface area contributed by atoms with Gasteiger partial charge in [0.15, 0.2) is 0 Å². The van der Waals surface area contributed by atoms with Gasteiger partial charge in [-0.3, -0.25) is 9.44 Å². The highest BCUT2D eigenvalue weighted by molar-refractivity contribution is 7.93. The minimum atomic E-state index is -3.75. The Labute approximate surface area is 372 Å². The Hall–Kier alpha value is -7.24. The van der Waals surface area contributed by atoms with Crippen LogP contribution in [0.15, 0.2) is 155 Å². The maximum absolute atomic E-state index is 12.6. The van der Waals surface area contributed by atoms with Gasteiger partial charge in [0.25, 0.3) is 20.0 Å². The van der Waals surface area contributed by atoms with Gasteiger partial charge in [0, 0.05) is 17.4 Å². The van der Waals surface area contributed by atoms with Crippen molar-refractivity contribution in [1.82, 2.24) is 0 Å². The van der Waals surface area contributed by atoms with Gasteiger partial charge in [-0.2, -0.15) is 0 Å². The van der Waals surface area contributed by atoms with Crippen LogP contribution in [-0.4, -0.2) is 72.5 Å². The van der Waals surface area contributed by atoms with Gasteiger partial charge in [-0.1, -0.05) is 31.5 Å². The summed E-state index contributed by atoms with van der Waals surface area (Å²) >= 11 is 0. The summed E-state index contributed by atoms with van der Waals surface area (Å²) in [7, 11) is -5.95. The first-order chi connectivity index (χ1) is 30.7. The van der Waals surface area contributed by atoms with Gasteiger partial charge in [-0.25, -0.2) is 26.4 Å². The van der Waals surface area contributed by atoms with Crippen LogP contribution in [0.25, 0.3) is 0 Å². The Morgan fingerprint density at radius 1 is 0.500 bits per heavy atom. The molecule has 0 bridgehead atoms. The highest BCUT2D eigenvalue weighted by Crippen LogP contribution is 2.24. The predicted molar refractivity (Wildman–Crippen MR) is 241 cm³/mol. The van der Waals surface area contributed by atoms with Crippen LogP contribution in [0.4, 0.5) is 11.4 Å². The van der Waals surface area contributed by atoms with E-state index in [4.69, 9.17) is 33.9 Å². The number of ether oxygens (including phenoxy) is 5. The van der Waals surface area contributed by atoms with Crippen molar-refractivity contribution in [3.63, 3.8) is 0 Å². The summed E-state index contributed by atoms with van der Waals surface area (Å²) in [5.41, 5.74) is 2.33. The van der Waals surface area contributed by atoms with Crippen molar-refractivity contribution >= 4 is 43.4 Å². The first-order valence-electron chi connectivity index (χ1n) is 19.9. The van der Waals surface area contributed by atoms with Gasteiger partial charge in [0.1, 0.15) is 55.2 Å². The van der Waals surface area contributed by atoms with Crippen LogP contribution < -0.4 is 33.1 Å². The van der Waals surface area contributed by atoms with Crippen molar-refractivity contribution in [1.29, 1.82) is 0 Å². The van der Waals surface area contributed by atoms with Crippen LogP contribution in [0.5, 0.6) is 28.7 Å². The molecule has 0 saturated carbocycles. The third-order valence-corrected chi connectivity index (χ3v) is 11.8. The molecule has 0 amide bonds. The number of methoxy groups -OCH3 is 1. The molecule has 15 nitrogen and oxygen atoms in total. The lowest BCUT2D eigenvalue weighted by atomic mass is 10.1. The van der Waals surface area contributed by atoms with E-state index in [1.54, 1.807) is 97.1 Å². The minimum Gasteiger partial charge on any atom is -0.497 e. The summed E-state index contributed by atoms with van der Waals surface area (Å²) in [5.74, 6) is 0.673. The Morgan fingerprint density at radius 2 is 0.891 bits per heavy atom. The first-order valence-corrected chi connectivity index (χ1v) is 22.9. The van der Waals surface area contributed by atoms with Gasteiger partial charge in [-0.15, -0.1) is 0 Å². The van der Waals surface area contributed by atoms with Crippen molar-refractivity contribution in [3.05, 3.63) is 162 Å². The molecule has 4 N–H and O–H groups in total. The van der Waals surface area contributed by atoms with Gasteiger partial charge in [0.05, 0.1) is 28.0 Å². The molecule has 17 heteroatoms. The first kappa shape index (κ1) is 47.8. The molecule has 0 aromatic heterocycles. The fraction of sp³-hybridized carbons (Fsp3) is 0.191. The molecule has 0 aliphatic heterocycles. The Bertz CT molecular complexity index is 2640. The lowest BCUT2D eigenvalue weighted by Gasteiger charge is -2.11. The van der Waals surface area contributed by atoms with Crippen molar-refractivity contribution in [2.24, 2.45) is 0 Å². The quantitative estimate of drug-likeness (QED) is 0.0470. The minimum absolute atomic E-state index is 0.0979. The molecule has 0 saturated heterocycles. The lowest BCUT2D eigenvalue weighted by Crippen LogP contribution is -2.13. The van der Waals surface area contributed by atoms with E-state index in [1.165, 1.54) is 43.5 Å². The fourth-order valence-electron chi connectivity index (χ4n) is 5.68. The zero-order chi connectivity index (χ0) is 46.0. The second-order valence-electron chi connectivity index (χ2n) is 13.7. The maximum atomic E-state index is 12.6. The average molecular weight is 913 g/mol. The van der Waals surface area contributed by atoms with E-state index in [1.807, 2.05) is 12.1 Å². The van der Waals surface area contributed by atoms with Crippen LogP contribution in [0.2, 0.25) is 0 Å². The molecule has 0 atom stereocenters. The number of aromatic carboxylic acids is 2. The molecule has 0 aliphatic carbocycles. The van der Waals surface area contributed by atoms with Gasteiger partial charge in [0.2, 0.25) is 0 Å². The van der Waals surface area contributed by atoms with E-state index < -0.39 is 32.0 Å². The van der Waals surface area contributed by atoms with Gasteiger partial charge >= 0.3 is 11.9 Å². The zero-order valence-electron chi connectivity index (χ0n) is 35.0. The normalized spacial score (nSPS) is 11.0. The summed E-state index contributed by atoms with van der Waals surface area (Å²) in [6.07, 6.45) is 3.11. The van der Waals surface area contributed by atoms with Crippen LogP contribution in [0.3, 0.4) is 0 Å². The van der Waals surface area contributed by atoms with E-state index in [0.29, 0.717) is 40.1 Å². The Balaban J connectivity index is 0.000000241. The zero-order valence-corrected chi connectivity index (χ0v) is 36.6. The van der Waals surface area contributed by atoms with Crippen LogP contribution in [0.1, 0.15) is 46.0 Å². The molecule has 0 aliphatic rings. The van der Waals surface area contributed by atoms with Crippen molar-refractivity contribution in [2.45, 2.75) is 36.0 Å². The molecule has 0 spiro atoms. The highest BCUT2D eigenvalue weighted by Gasteiger charge is 2.16. The molecule has 0 fully saturated rings. The van der Waals surface area contributed by atoms with E-state index in [0.717, 1.165) is 24.8 Å². The second kappa shape index (κ2) is 23.3. The number of nitrogens with one attached hydrogen (secondary N) is 2. The number of benzene rings is 6. The van der Waals surface area contributed by atoms with E-state index in [-0.39, 0.29) is 47.3 Å². The molecule has 6 rings (SSSR count). The molecular weight excluding hydrogens is 865 g/mol. The van der Waals surface area contributed by atoms with E-state index >= 15 is 0 Å². The molecule has 6 aromatic carbocycles. The number of carbonyl (C=O) groups is 2. The van der Waals surface area contributed by atoms with Crippen LogP contribution in [0, 0.1) is 0 Å². The van der Waals surface area contributed by atoms with Crippen molar-refractivity contribution in [3.8, 4) is 28.7 Å². The molecule has 336 valence electrons. The summed E-state index contributed by atoms with van der Waals surface area (Å²) in [6, 6.07) is 38.4. The average Bonchev–Trinajstić information content (AvgIpc) is 3.30. The topological polar surface area (TPSA) is 213 Å². The number of carboxylic acids is 2. The number of carboxylic acid groups (broad SMARTS) is 2. The number of sulfonamides is 2. The second-order valence-corrected chi connectivity index (χ2v) is 17.1. The summed E-state index contributed by atoms with van der Waals surface area (Å²) in [4.78, 5) is 22.0. The SMILES string of the molecule is CCCCc1ccc(S(=O)(=O)Nc2ccc(OCCOc3ccc(C(=O)O)cc3)cc2)cc1.COc1cccc(S(=O)(=O)Nc2ccc(OCCOc3ccc(C(=O)O)cc3)cc2)c1. The summed E-state index contributed by atoms with van der Waals surface area (Å²) in [5, 5.41) is 17.8. The third kappa shape index (κ3) is 15.0. The van der Waals surface area contributed by atoms with Gasteiger partial charge < -0.3 is 33.9 Å². The number of rotatable bonds is 22. The fourth-order valence-corrected chi connectivity index (χ4v) is 7.83. The van der Waals surface area contributed by atoms with Crippen molar-refractivity contribution < 1.29 is 60.3 Å². The maximum Gasteiger partial charge on any atom is 0.335 e. The smallest absolute Gasteiger partial charge is 0.335 e. The number of hydrogen-bond acceptors (Lipinski definition) is 11. The molecule has 0 heterocycles. The summed E-state index contributed by atoms with van der Waals surface area (Å²) in [6.45, 7) is 3.19. The predicted octanol–water partition coefficient (Wildman–Crippen LogP) is 8.64. The van der Waals surface area contributed by atoms with Crippen LogP contribution >= 0.6 is 0 Å². The monoisotopic (exact) mass is 912 g/mol. The Morgan fingerprint density at radius 3 is 1.27 bits per heavy atom. The molecule has 6 aromatic rings. The molecule has 0 radical (unpaired) electrons. The number of hydrogen-bond donors (Lipinski definition) is 4. The number of anilines is 2. The third-order valence-electron chi connectivity index (χ3n) is 9.06. The molecule has 0 unspecified atom stereocenters. The highest BCUT2D eigenvalue weighted by atomic mass is 32.2. The lowest BCUT2D eigenvalue weighted by molar-refractivity contribution is 0.0686. The molecule has 64 heavy (non-hydrogen) atoms. The van der Waals surface area contributed by atoms with E-state index in [9.17, 15) is 26.4 Å². The number of unbranched alkanes of at least 4 members (excludes halogenated alkanes) is 1. The van der Waals surface area contributed by atoms with Crippen molar-refractivity contribution in [2.75, 3.05) is 43.0 Å². The number of aryl methyl sites for hydroxylation is 1. The largest absolute Gasteiger partial charge is 0.497 e. The van der Waals surface area contributed by atoms with E-state index in [2.05, 4.69) is 16.4 Å². The Kier molecular flexibility index (Phi) is 17.4. The standard InChI is InChI=1S/C25H27NO6S.C22H21NO7S/c1-2-3-4-19-5-15-24(16-6-19)33(29,30)26-21-9-13-23(14-10-21)32-18-17-31-22-11-7-20(8-12-22)25(27)28;1-28-20-3-2-4-21(15-20)31(26,27)23-17-7-11-19(12-8-17)30-14-13-29-18-9-5-16(6-10-18)22(24)25/h5-16,26H,2-4,17-18H2,1H3,(H,27,28);2-12,15,23H,13-14H2,1H3,(H,24,25). The summed E-state index contributed by atoms with van der Waals surface area (Å²) < 4.78 is 82.6. The molecular formula is C47H48N2O13S2.